The zero-order valence-corrected chi connectivity index (χ0v) is 9.12. The van der Waals surface area contributed by atoms with Gasteiger partial charge in [-0.1, -0.05) is 0 Å². The predicted octanol–water partition coefficient (Wildman–Crippen LogP) is -0.635. The van der Waals surface area contributed by atoms with Gasteiger partial charge in [-0.25, -0.2) is 8.42 Å². The van der Waals surface area contributed by atoms with Crippen molar-refractivity contribution in [3.8, 4) is 0 Å². The summed E-state index contributed by atoms with van der Waals surface area (Å²) in [5.74, 6) is -0.506. The number of nitrogens with zero attached hydrogens (tertiary/aromatic N) is 1. The number of ketones is 1. The van der Waals surface area contributed by atoms with E-state index >= 15 is 0 Å². The van der Waals surface area contributed by atoms with E-state index in [4.69, 9.17) is 0 Å². The Balaban J connectivity index is 2.03. The largest absolute Gasteiger partial charge is 0.333 e. The molecule has 15 heavy (non-hydrogen) atoms. The molecule has 0 saturated carbocycles. The van der Waals surface area contributed by atoms with Crippen LogP contribution in [0.2, 0.25) is 0 Å². The van der Waals surface area contributed by atoms with Crippen LogP contribution >= 0.6 is 0 Å². The molecule has 2 fully saturated rings. The van der Waals surface area contributed by atoms with Gasteiger partial charge in [-0.2, -0.15) is 0 Å². The number of likely N-dealkylation sites (tertiary alicyclic amines) is 1. The van der Waals surface area contributed by atoms with Crippen molar-refractivity contribution in [2.45, 2.75) is 25.3 Å². The van der Waals surface area contributed by atoms with Gasteiger partial charge < -0.3 is 4.90 Å². The first-order valence-corrected chi connectivity index (χ1v) is 6.86. The first-order valence-electron chi connectivity index (χ1n) is 5.04. The molecule has 0 unspecified atom stereocenters. The number of amides is 1. The van der Waals surface area contributed by atoms with Crippen LogP contribution in [0.25, 0.3) is 0 Å². The number of carbonyl (C=O) groups is 2. The summed E-state index contributed by atoms with van der Waals surface area (Å²) in [6.07, 6.45) is 1.23. The summed E-state index contributed by atoms with van der Waals surface area (Å²) in [5, 5.41) is 0. The number of sulfone groups is 1. The molecule has 0 bridgehead atoms. The fourth-order valence-corrected chi connectivity index (χ4v) is 3.59. The van der Waals surface area contributed by atoms with Crippen molar-refractivity contribution in [2.24, 2.45) is 0 Å². The summed E-state index contributed by atoms with van der Waals surface area (Å²) in [7, 11) is -2.90. The predicted molar refractivity (Wildman–Crippen MR) is 53.0 cm³/mol. The molecule has 2 rings (SSSR count). The highest BCUT2D eigenvalue weighted by Gasteiger charge is 2.36. The topological polar surface area (TPSA) is 71.5 Å². The van der Waals surface area contributed by atoms with Crippen LogP contribution in [-0.2, 0) is 19.4 Å². The molecular formula is C9H13NO4S. The molecule has 5 nitrogen and oxygen atoms in total. The SMILES string of the molecule is O=C1CCN(C2CCS(=O)(=O)CC2)C1=O. The average Bonchev–Trinajstić information content (AvgIpc) is 2.49. The Labute approximate surface area is 88.4 Å². The monoisotopic (exact) mass is 231 g/mol. The Morgan fingerprint density at radius 2 is 1.73 bits per heavy atom. The molecule has 84 valence electrons. The van der Waals surface area contributed by atoms with Crippen LogP contribution in [0.3, 0.4) is 0 Å². The molecule has 0 aromatic carbocycles. The summed E-state index contributed by atoms with van der Waals surface area (Å²) < 4.78 is 22.4. The molecule has 0 aliphatic carbocycles. The van der Waals surface area contributed by atoms with E-state index in [1.165, 1.54) is 4.90 Å². The summed E-state index contributed by atoms with van der Waals surface area (Å²) in [6, 6.07) is -0.0486. The maximum absolute atomic E-state index is 11.4. The second-order valence-corrected chi connectivity index (χ2v) is 6.36. The Morgan fingerprint density at radius 1 is 1.13 bits per heavy atom. The third-order valence-corrected chi connectivity index (χ3v) is 4.76. The Morgan fingerprint density at radius 3 is 2.20 bits per heavy atom. The lowest BCUT2D eigenvalue weighted by Crippen LogP contribution is -2.42. The minimum atomic E-state index is -2.90. The molecule has 0 aromatic heterocycles. The summed E-state index contributed by atoms with van der Waals surface area (Å²) in [4.78, 5) is 24.0. The smallest absolute Gasteiger partial charge is 0.290 e. The lowest BCUT2D eigenvalue weighted by Gasteiger charge is -2.30. The van der Waals surface area contributed by atoms with Gasteiger partial charge in [0, 0.05) is 19.0 Å². The molecule has 0 radical (unpaired) electrons. The van der Waals surface area contributed by atoms with Crippen LogP contribution in [0.1, 0.15) is 19.3 Å². The standard InChI is InChI=1S/C9H13NO4S/c11-8-1-4-10(9(8)12)7-2-5-15(13,14)6-3-7/h7H,1-6H2. The molecule has 0 spiro atoms. The summed E-state index contributed by atoms with van der Waals surface area (Å²) >= 11 is 0. The van der Waals surface area contributed by atoms with Crippen LogP contribution < -0.4 is 0 Å². The van der Waals surface area contributed by atoms with Crippen molar-refractivity contribution in [1.29, 1.82) is 0 Å². The molecule has 0 atom stereocenters. The lowest BCUT2D eigenvalue weighted by molar-refractivity contribution is -0.141. The third kappa shape index (κ3) is 2.04. The third-order valence-electron chi connectivity index (χ3n) is 3.04. The van der Waals surface area contributed by atoms with Crippen LogP contribution in [0, 0.1) is 0 Å². The van der Waals surface area contributed by atoms with E-state index in [2.05, 4.69) is 0 Å². The first kappa shape index (κ1) is 10.6. The quantitative estimate of drug-likeness (QED) is 0.563. The Kier molecular flexibility index (Phi) is 2.54. The van der Waals surface area contributed by atoms with Crippen LogP contribution in [-0.4, -0.2) is 49.1 Å². The molecule has 1 amide bonds. The molecular weight excluding hydrogens is 218 g/mol. The van der Waals surface area contributed by atoms with E-state index in [0.717, 1.165) is 0 Å². The highest BCUT2D eigenvalue weighted by atomic mass is 32.2. The minimum absolute atomic E-state index is 0.0486. The Bertz CT molecular complexity index is 386. The number of carbonyl (C=O) groups excluding carboxylic acids is 2. The summed E-state index contributed by atoms with van der Waals surface area (Å²) in [5.41, 5.74) is 0. The van der Waals surface area contributed by atoms with E-state index in [1.807, 2.05) is 0 Å². The average molecular weight is 231 g/mol. The molecule has 0 N–H and O–H groups in total. The van der Waals surface area contributed by atoms with Gasteiger partial charge in [0.05, 0.1) is 11.5 Å². The fraction of sp³-hybridized carbons (Fsp3) is 0.778. The van der Waals surface area contributed by atoms with Crippen LogP contribution in [0.15, 0.2) is 0 Å². The highest BCUT2D eigenvalue weighted by Crippen LogP contribution is 2.21. The van der Waals surface area contributed by atoms with E-state index in [-0.39, 0.29) is 29.8 Å². The van der Waals surface area contributed by atoms with Crippen LogP contribution in [0.4, 0.5) is 0 Å². The zero-order valence-electron chi connectivity index (χ0n) is 8.31. The van der Waals surface area contributed by atoms with Gasteiger partial charge >= 0.3 is 0 Å². The van der Waals surface area contributed by atoms with Crippen molar-refractivity contribution >= 4 is 21.5 Å². The molecule has 6 heteroatoms. The van der Waals surface area contributed by atoms with Crippen molar-refractivity contribution in [2.75, 3.05) is 18.1 Å². The van der Waals surface area contributed by atoms with Crippen molar-refractivity contribution in [3.05, 3.63) is 0 Å². The zero-order chi connectivity index (χ0) is 11.1. The van der Waals surface area contributed by atoms with Gasteiger partial charge in [-0.05, 0) is 12.8 Å². The highest BCUT2D eigenvalue weighted by molar-refractivity contribution is 7.91. The number of rotatable bonds is 1. The normalized spacial score (nSPS) is 27.3. The molecule has 0 aromatic rings. The minimum Gasteiger partial charge on any atom is -0.333 e. The van der Waals surface area contributed by atoms with E-state index < -0.39 is 15.7 Å². The van der Waals surface area contributed by atoms with E-state index in [0.29, 0.717) is 19.4 Å². The second-order valence-electron chi connectivity index (χ2n) is 4.05. The van der Waals surface area contributed by atoms with Gasteiger partial charge in [0.15, 0.2) is 0 Å². The van der Waals surface area contributed by atoms with Crippen LogP contribution in [0.5, 0.6) is 0 Å². The van der Waals surface area contributed by atoms with Gasteiger partial charge in [-0.3, -0.25) is 9.59 Å². The van der Waals surface area contributed by atoms with Crippen molar-refractivity contribution in [1.82, 2.24) is 4.90 Å². The second kappa shape index (κ2) is 3.59. The van der Waals surface area contributed by atoms with E-state index in [1.54, 1.807) is 0 Å². The Hall–Kier alpha value is -0.910. The van der Waals surface area contributed by atoms with E-state index in [9.17, 15) is 18.0 Å². The molecule has 2 aliphatic rings. The van der Waals surface area contributed by atoms with Gasteiger partial charge in [0.2, 0.25) is 5.78 Å². The first-order chi connectivity index (χ1) is 6.99. The molecule has 2 saturated heterocycles. The fourth-order valence-electron chi connectivity index (χ4n) is 2.13. The number of Topliss-reactive ketones (excluding diaryl/α,β-unsaturated/α-hetero) is 1. The van der Waals surface area contributed by atoms with Gasteiger partial charge in [0.1, 0.15) is 9.84 Å². The van der Waals surface area contributed by atoms with Crippen molar-refractivity contribution in [3.63, 3.8) is 0 Å². The van der Waals surface area contributed by atoms with Crippen molar-refractivity contribution < 1.29 is 18.0 Å². The van der Waals surface area contributed by atoms with Gasteiger partial charge in [0.25, 0.3) is 5.91 Å². The number of hydrogen-bond donors (Lipinski definition) is 0. The number of hydrogen-bond acceptors (Lipinski definition) is 4. The summed E-state index contributed by atoms with van der Waals surface area (Å²) in [6.45, 7) is 0.461. The molecule has 2 aliphatic heterocycles. The molecule has 2 heterocycles. The maximum atomic E-state index is 11.4. The maximum Gasteiger partial charge on any atom is 0.290 e. The van der Waals surface area contributed by atoms with Gasteiger partial charge in [-0.15, -0.1) is 0 Å². The lowest BCUT2D eigenvalue weighted by atomic mass is 10.1.